The molecule has 1 saturated heterocycles. The van der Waals surface area contributed by atoms with Gasteiger partial charge in [0.05, 0.1) is 19.5 Å². The Kier molecular flexibility index (Phi) is 4.21. The van der Waals surface area contributed by atoms with Crippen LogP contribution in [0.3, 0.4) is 0 Å². The Labute approximate surface area is 129 Å². The zero-order chi connectivity index (χ0) is 15.4. The largest absolute Gasteiger partial charge is 0.495 e. The molecule has 7 heteroatoms. The summed E-state index contributed by atoms with van der Waals surface area (Å²) < 4.78 is 7.13. The summed E-state index contributed by atoms with van der Waals surface area (Å²) >= 11 is 0. The highest BCUT2D eigenvalue weighted by Gasteiger charge is 2.19. The Balaban J connectivity index is 1.59. The van der Waals surface area contributed by atoms with Crippen molar-refractivity contribution in [2.45, 2.75) is 6.67 Å². The highest BCUT2D eigenvalue weighted by atomic mass is 16.5. The summed E-state index contributed by atoms with van der Waals surface area (Å²) in [6.45, 7) is 4.38. The summed E-state index contributed by atoms with van der Waals surface area (Å²) in [7, 11) is 1.70. The number of anilines is 1. The molecule has 2 heterocycles. The van der Waals surface area contributed by atoms with Gasteiger partial charge < -0.3 is 9.64 Å². The first-order valence-electron chi connectivity index (χ1n) is 7.20. The molecule has 0 saturated carbocycles. The smallest absolute Gasteiger partial charge is 0.252 e. The predicted molar refractivity (Wildman–Crippen MR) is 81.5 cm³/mol. The van der Waals surface area contributed by atoms with E-state index in [1.807, 2.05) is 24.3 Å². The standard InChI is InChI=1S/C15H18N6O/c1-22-14-5-3-2-4-13(14)20-8-6-19(7-9-20)12-21-11-17-15(10-16)18-21/h2-5,11H,6-9,12H2,1H3. The van der Waals surface area contributed by atoms with Gasteiger partial charge in [-0.2, -0.15) is 5.26 Å². The lowest BCUT2D eigenvalue weighted by molar-refractivity contribution is 0.195. The van der Waals surface area contributed by atoms with Crippen LogP contribution < -0.4 is 9.64 Å². The lowest BCUT2D eigenvalue weighted by Crippen LogP contribution is -2.47. The molecule has 0 unspecified atom stereocenters. The maximum atomic E-state index is 8.75. The maximum absolute atomic E-state index is 8.75. The lowest BCUT2D eigenvalue weighted by Gasteiger charge is -2.36. The van der Waals surface area contributed by atoms with E-state index in [2.05, 4.69) is 25.9 Å². The second kappa shape index (κ2) is 6.45. The lowest BCUT2D eigenvalue weighted by atomic mass is 10.2. The van der Waals surface area contributed by atoms with E-state index in [1.54, 1.807) is 18.1 Å². The van der Waals surface area contributed by atoms with Gasteiger partial charge in [0.2, 0.25) is 0 Å². The molecule has 1 aliphatic heterocycles. The van der Waals surface area contributed by atoms with E-state index in [0.717, 1.165) is 37.6 Å². The Morgan fingerprint density at radius 1 is 1.23 bits per heavy atom. The molecule has 0 spiro atoms. The van der Waals surface area contributed by atoms with Crippen molar-refractivity contribution in [2.24, 2.45) is 0 Å². The molecule has 0 bridgehead atoms. The molecule has 1 aromatic carbocycles. The van der Waals surface area contributed by atoms with E-state index < -0.39 is 0 Å². The van der Waals surface area contributed by atoms with Crippen molar-refractivity contribution < 1.29 is 4.74 Å². The Bertz CT molecular complexity index is 669. The molecule has 0 N–H and O–H groups in total. The first-order chi connectivity index (χ1) is 10.8. The second-order valence-electron chi connectivity index (χ2n) is 5.14. The molecule has 114 valence electrons. The predicted octanol–water partition coefficient (Wildman–Crippen LogP) is 0.938. The zero-order valence-electron chi connectivity index (χ0n) is 12.5. The average Bonchev–Trinajstić information content (AvgIpc) is 3.03. The first kappa shape index (κ1) is 14.4. The fraction of sp³-hybridized carbons (Fsp3) is 0.400. The highest BCUT2D eigenvalue weighted by molar-refractivity contribution is 5.58. The average molecular weight is 298 g/mol. The number of benzene rings is 1. The molecule has 0 amide bonds. The van der Waals surface area contributed by atoms with E-state index >= 15 is 0 Å². The van der Waals surface area contributed by atoms with E-state index in [9.17, 15) is 0 Å². The van der Waals surface area contributed by atoms with Crippen molar-refractivity contribution in [3.05, 3.63) is 36.4 Å². The Morgan fingerprint density at radius 3 is 2.68 bits per heavy atom. The van der Waals surface area contributed by atoms with Gasteiger partial charge in [-0.05, 0) is 12.1 Å². The summed E-state index contributed by atoms with van der Waals surface area (Å²) in [6.07, 6.45) is 1.60. The van der Waals surface area contributed by atoms with E-state index in [0.29, 0.717) is 6.67 Å². The fourth-order valence-electron chi connectivity index (χ4n) is 2.64. The molecule has 3 rings (SSSR count). The molecule has 1 aliphatic rings. The van der Waals surface area contributed by atoms with Crippen molar-refractivity contribution in [3.63, 3.8) is 0 Å². The third kappa shape index (κ3) is 3.02. The Morgan fingerprint density at radius 2 is 2.00 bits per heavy atom. The van der Waals surface area contributed by atoms with Crippen LogP contribution in [0.4, 0.5) is 5.69 Å². The van der Waals surface area contributed by atoms with Crippen LogP contribution >= 0.6 is 0 Å². The number of methoxy groups -OCH3 is 1. The first-order valence-corrected chi connectivity index (χ1v) is 7.20. The van der Waals surface area contributed by atoms with E-state index in [1.165, 1.54) is 0 Å². The molecule has 0 atom stereocenters. The number of para-hydroxylation sites is 2. The van der Waals surface area contributed by atoms with Crippen LogP contribution in [-0.2, 0) is 6.67 Å². The molecule has 1 aromatic heterocycles. The van der Waals surface area contributed by atoms with Gasteiger partial charge in [0, 0.05) is 26.2 Å². The van der Waals surface area contributed by atoms with Gasteiger partial charge in [0.25, 0.3) is 5.82 Å². The Hall–Kier alpha value is -2.59. The molecule has 1 fully saturated rings. The summed E-state index contributed by atoms with van der Waals surface area (Å²) in [5, 5.41) is 12.8. The minimum Gasteiger partial charge on any atom is -0.495 e. The fourth-order valence-corrected chi connectivity index (χ4v) is 2.64. The van der Waals surface area contributed by atoms with Crippen molar-refractivity contribution >= 4 is 5.69 Å². The zero-order valence-corrected chi connectivity index (χ0v) is 12.5. The third-order valence-electron chi connectivity index (χ3n) is 3.78. The number of nitriles is 1. The summed E-state index contributed by atoms with van der Waals surface area (Å²) in [6, 6.07) is 10.0. The summed E-state index contributed by atoms with van der Waals surface area (Å²) in [5.74, 6) is 1.12. The van der Waals surface area contributed by atoms with Gasteiger partial charge in [-0.3, -0.25) is 4.90 Å². The quantitative estimate of drug-likeness (QED) is 0.836. The van der Waals surface area contributed by atoms with Gasteiger partial charge in [-0.15, -0.1) is 5.10 Å². The van der Waals surface area contributed by atoms with Gasteiger partial charge in [0.15, 0.2) is 0 Å². The van der Waals surface area contributed by atoms with Crippen LogP contribution in [0.2, 0.25) is 0 Å². The number of piperazine rings is 1. The summed E-state index contributed by atoms with van der Waals surface area (Å²) in [5.41, 5.74) is 1.14. The van der Waals surface area contributed by atoms with Crippen LogP contribution in [0.1, 0.15) is 5.82 Å². The molecule has 22 heavy (non-hydrogen) atoms. The number of aromatic nitrogens is 3. The number of ether oxygens (including phenoxy) is 1. The van der Waals surface area contributed by atoms with Crippen LogP contribution in [0.15, 0.2) is 30.6 Å². The van der Waals surface area contributed by atoms with Crippen LogP contribution in [0.25, 0.3) is 0 Å². The molecule has 7 nitrogen and oxygen atoms in total. The van der Waals surface area contributed by atoms with Crippen molar-refractivity contribution in [2.75, 3.05) is 38.2 Å². The minimum atomic E-state index is 0.215. The maximum Gasteiger partial charge on any atom is 0.252 e. The monoisotopic (exact) mass is 298 g/mol. The highest BCUT2D eigenvalue weighted by Crippen LogP contribution is 2.28. The molecule has 0 aliphatic carbocycles. The second-order valence-corrected chi connectivity index (χ2v) is 5.14. The summed E-state index contributed by atoms with van der Waals surface area (Å²) in [4.78, 5) is 8.55. The van der Waals surface area contributed by atoms with Gasteiger partial charge in [0.1, 0.15) is 18.1 Å². The number of hydrogen-bond donors (Lipinski definition) is 0. The van der Waals surface area contributed by atoms with Crippen molar-refractivity contribution in [1.29, 1.82) is 5.26 Å². The van der Waals surface area contributed by atoms with Crippen LogP contribution in [0, 0.1) is 11.3 Å². The van der Waals surface area contributed by atoms with Gasteiger partial charge >= 0.3 is 0 Å². The SMILES string of the molecule is COc1ccccc1N1CCN(Cn2cnc(C#N)n2)CC1. The number of hydrogen-bond acceptors (Lipinski definition) is 6. The number of rotatable bonds is 4. The van der Waals surface area contributed by atoms with Crippen molar-refractivity contribution in [1.82, 2.24) is 19.7 Å². The minimum absolute atomic E-state index is 0.215. The van der Waals surface area contributed by atoms with Gasteiger partial charge in [-0.25, -0.2) is 9.67 Å². The topological polar surface area (TPSA) is 70.2 Å². The van der Waals surface area contributed by atoms with Crippen LogP contribution in [-0.4, -0.2) is 53.0 Å². The van der Waals surface area contributed by atoms with Gasteiger partial charge in [-0.1, -0.05) is 12.1 Å². The molecular formula is C15H18N6O. The van der Waals surface area contributed by atoms with E-state index in [4.69, 9.17) is 10.00 Å². The normalized spacial score (nSPS) is 15.5. The molecular weight excluding hydrogens is 280 g/mol. The van der Waals surface area contributed by atoms with Crippen LogP contribution in [0.5, 0.6) is 5.75 Å². The molecule has 2 aromatic rings. The van der Waals surface area contributed by atoms with Crippen molar-refractivity contribution in [3.8, 4) is 11.8 Å². The van der Waals surface area contributed by atoms with E-state index in [-0.39, 0.29) is 5.82 Å². The number of nitrogens with zero attached hydrogens (tertiary/aromatic N) is 6. The third-order valence-corrected chi connectivity index (χ3v) is 3.78. The molecule has 0 radical (unpaired) electrons.